The van der Waals surface area contributed by atoms with Crippen molar-refractivity contribution >= 4 is 54.5 Å². The quantitative estimate of drug-likeness (QED) is 0.628. The van der Waals surface area contributed by atoms with E-state index in [1.165, 1.54) is 23.0 Å². The van der Waals surface area contributed by atoms with Crippen LogP contribution in [0.15, 0.2) is 38.9 Å². The molecule has 1 aromatic carbocycles. The van der Waals surface area contributed by atoms with E-state index >= 15 is 0 Å². The zero-order chi connectivity index (χ0) is 17.5. The lowest BCUT2D eigenvalue weighted by Crippen LogP contribution is -2.15. The molecule has 4 nitrogen and oxygen atoms in total. The zero-order valence-electron chi connectivity index (χ0n) is 13.5. The molecular weight excluding hydrogens is 384 g/mol. The minimum Gasteiger partial charge on any atom is -0.316 e. The van der Waals surface area contributed by atoms with Gasteiger partial charge in [-0.25, -0.2) is 0 Å². The highest BCUT2D eigenvalue weighted by Crippen LogP contribution is 2.27. The molecule has 0 aliphatic rings. The van der Waals surface area contributed by atoms with Gasteiger partial charge in [-0.1, -0.05) is 42.9 Å². The second-order valence-corrected chi connectivity index (χ2v) is 10.2. The Balaban J connectivity index is 2.21. The van der Waals surface area contributed by atoms with Crippen LogP contribution >= 0.6 is 34.3 Å². The van der Waals surface area contributed by atoms with Crippen molar-refractivity contribution < 1.29 is 8.42 Å². The first-order valence-electron chi connectivity index (χ1n) is 7.51. The Morgan fingerprint density at radius 3 is 2.54 bits per heavy atom. The van der Waals surface area contributed by atoms with Gasteiger partial charge in [0.1, 0.15) is 4.21 Å². The molecule has 3 aromatic rings. The number of fused-ring (bicyclic) bond motifs is 1. The third kappa shape index (κ3) is 3.31. The highest BCUT2D eigenvalue weighted by atomic mass is 35.5. The lowest BCUT2D eigenvalue weighted by molar-refractivity contribution is 0.597. The van der Waals surface area contributed by atoms with Gasteiger partial charge in [-0.3, -0.25) is 0 Å². The molecule has 0 aliphatic carbocycles. The number of halogens is 1. The first kappa shape index (κ1) is 17.7. The van der Waals surface area contributed by atoms with Crippen LogP contribution in [0.5, 0.6) is 0 Å². The summed E-state index contributed by atoms with van der Waals surface area (Å²) in [6.07, 6.45) is 0. The number of aryl methyl sites for hydroxylation is 1. The molecule has 0 aliphatic heterocycles. The largest absolute Gasteiger partial charge is 0.316 e. The van der Waals surface area contributed by atoms with E-state index in [1.54, 1.807) is 6.07 Å². The third-order valence-corrected chi connectivity index (χ3v) is 7.81. The van der Waals surface area contributed by atoms with Gasteiger partial charge in [0.25, 0.3) is 10.0 Å². The van der Waals surface area contributed by atoms with Crippen LogP contribution in [0.4, 0.5) is 0 Å². The molecule has 0 N–H and O–H groups in total. The Kier molecular flexibility index (Phi) is 4.88. The molecule has 2 aromatic heterocycles. The van der Waals surface area contributed by atoms with Crippen LogP contribution < -0.4 is 4.80 Å². The fraction of sp³-hybridized carbons (Fsp3) is 0.312. The van der Waals surface area contributed by atoms with Crippen molar-refractivity contribution in [1.82, 2.24) is 4.57 Å². The van der Waals surface area contributed by atoms with E-state index in [1.807, 2.05) is 17.6 Å². The molecule has 0 unspecified atom stereocenters. The van der Waals surface area contributed by atoms with Gasteiger partial charge in [0.2, 0.25) is 4.80 Å². The minimum absolute atomic E-state index is 0.162. The maximum absolute atomic E-state index is 12.5. The highest BCUT2D eigenvalue weighted by molar-refractivity contribution is 7.92. The smallest absolute Gasteiger partial charge is 0.294 e. The molecule has 0 bridgehead atoms. The minimum atomic E-state index is -3.75. The van der Waals surface area contributed by atoms with Crippen LogP contribution in [0.3, 0.4) is 0 Å². The van der Waals surface area contributed by atoms with E-state index in [2.05, 4.69) is 30.4 Å². The Hall–Kier alpha value is -1.15. The first-order chi connectivity index (χ1) is 11.3. The highest BCUT2D eigenvalue weighted by Gasteiger charge is 2.17. The van der Waals surface area contributed by atoms with E-state index in [4.69, 9.17) is 11.6 Å². The molecule has 128 valence electrons. The molecule has 24 heavy (non-hydrogen) atoms. The molecule has 0 amide bonds. The van der Waals surface area contributed by atoms with E-state index < -0.39 is 10.0 Å². The molecule has 0 radical (unpaired) electrons. The number of aromatic nitrogens is 1. The van der Waals surface area contributed by atoms with Crippen molar-refractivity contribution in [3.05, 3.63) is 45.0 Å². The van der Waals surface area contributed by atoms with Gasteiger partial charge in [-0.2, -0.15) is 8.42 Å². The number of nitrogens with zero attached hydrogens (tertiary/aromatic N) is 2. The average molecular weight is 401 g/mol. The number of thiazole rings is 1. The Labute approximate surface area is 154 Å². The Morgan fingerprint density at radius 2 is 1.96 bits per heavy atom. The van der Waals surface area contributed by atoms with E-state index in [0.29, 0.717) is 21.6 Å². The molecular formula is C16H17ClN2O2S3. The standard InChI is InChI=1S/C16H17ClN2O2S3/c1-4-19-12-6-5-11(10(2)3)9-13(12)22-16(19)18-24(20,21)15-8-7-14(17)23-15/h5-10H,4H2,1-3H3/b18-16-. The van der Waals surface area contributed by atoms with Crippen LogP contribution in [0.1, 0.15) is 32.3 Å². The molecule has 0 atom stereocenters. The summed E-state index contributed by atoms with van der Waals surface area (Å²) in [6.45, 7) is 6.91. The van der Waals surface area contributed by atoms with Crippen LogP contribution in [-0.2, 0) is 16.6 Å². The molecule has 0 spiro atoms. The van der Waals surface area contributed by atoms with Crippen LogP contribution in [0.25, 0.3) is 10.2 Å². The second kappa shape index (κ2) is 6.63. The van der Waals surface area contributed by atoms with Crippen LogP contribution in [-0.4, -0.2) is 13.0 Å². The van der Waals surface area contributed by atoms with Gasteiger partial charge in [-0.05, 0) is 42.7 Å². The topological polar surface area (TPSA) is 51.4 Å². The number of rotatable bonds is 4. The van der Waals surface area contributed by atoms with Gasteiger partial charge in [0.05, 0.1) is 14.6 Å². The summed E-state index contributed by atoms with van der Waals surface area (Å²) in [5.41, 5.74) is 2.23. The van der Waals surface area contributed by atoms with Crippen molar-refractivity contribution in [2.45, 2.75) is 37.4 Å². The number of hydrogen-bond donors (Lipinski definition) is 0. The molecule has 0 fully saturated rings. The normalized spacial score (nSPS) is 13.3. The SMILES string of the molecule is CCn1/c(=N/S(=O)(=O)c2ccc(Cl)s2)sc2cc(C(C)C)ccc21. The average Bonchev–Trinajstić information content (AvgIpc) is 3.09. The van der Waals surface area contributed by atoms with E-state index in [0.717, 1.165) is 21.6 Å². The molecule has 3 rings (SSSR count). The maximum atomic E-state index is 12.5. The summed E-state index contributed by atoms with van der Waals surface area (Å²) in [5, 5.41) is 0. The second-order valence-electron chi connectivity index (χ2n) is 5.64. The lowest BCUT2D eigenvalue weighted by atomic mass is 10.0. The van der Waals surface area contributed by atoms with Crippen LogP contribution in [0.2, 0.25) is 4.34 Å². The van der Waals surface area contributed by atoms with Gasteiger partial charge in [0.15, 0.2) is 0 Å². The number of thiophene rings is 1. The van der Waals surface area contributed by atoms with E-state index in [-0.39, 0.29) is 4.21 Å². The monoisotopic (exact) mass is 400 g/mol. The Bertz CT molecular complexity index is 1060. The number of benzene rings is 1. The van der Waals surface area contributed by atoms with Crippen LogP contribution in [0, 0.1) is 0 Å². The first-order valence-corrected chi connectivity index (χ1v) is 11.0. The summed E-state index contributed by atoms with van der Waals surface area (Å²) in [4.78, 5) is 0.484. The van der Waals surface area contributed by atoms with Gasteiger partial charge in [0, 0.05) is 6.54 Å². The van der Waals surface area contributed by atoms with Gasteiger partial charge < -0.3 is 4.57 Å². The van der Waals surface area contributed by atoms with Gasteiger partial charge >= 0.3 is 0 Å². The molecule has 0 saturated heterocycles. The van der Waals surface area contributed by atoms with Crippen molar-refractivity contribution in [1.29, 1.82) is 0 Å². The summed E-state index contributed by atoms with van der Waals surface area (Å²) < 4.78 is 32.7. The molecule has 8 heteroatoms. The predicted molar refractivity (Wildman–Crippen MR) is 102 cm³/mol. The maximum Gasteiger partial charge on any atom is 0.294 e. The van der Waals surface area contributed by atoms with Crippen molar-refractivity contribution in [3.63, 3.8) is 0 Å². The fourth-order valence-corrected chi connectivity index (χ4v) is 6.21. The Morgan fingerprint density at radius 1 is 1.21 bits per heavy atom. The third-order valence-electron chi connectivity index (χ3n) is 3.69. The van der Waals surface area contributed by atoms with Gasteiger partial charge in [-0.15, -0.1) is 15.7 Å². The number of hydrogen-bond acceptors (Lipinski definition) is 4. The van der Waals surface area contributed by atoms with E-state index in [9.17, 15) is 8.42 Å². The summed E-state index contributed by atoms with van der Waals surface area (Å²) >= 11 is 8.27. The zero-order valence-corrected chi connectivity index (χ0v) is 16.7. The summed E-state index contributed by atoms with van der Waals surface area (Å²) in [6, 6.07) is 9.31. The molecule has 0 saturated carbocycles. The fourth-order valence-electron chi connectivity index (χ4n) is 2.41. The van der Waals surface area contributed by atoms with Crippen molar-refractivity contribution in [3.8, 4) is 0 Å². The van der Waals surface area contributed by atoms with Crippen molar-refractivity contribution in [2.24, 2.45) is 4.40 Å². The summed E-state index contributed by atoms with van der Waals surface area (Å²) in [7, 11) is -3.75. The number of sulfonamides is 1. The van der Waals surface area contributed by atoms with Crippen molar-refractivity contribution in [2.75, 3.05) is 0 Å². The molecule has 2 heterocycles. The lowest BCUT2D eigenvalue weighted by Gasteiger charge is -2.05. The predicted octanol–water partition coefficient (Wildman–Crippen LogP) is 4.85. The summed E-state index contributed by atoms with van der Waals surface area (Å²) in [5.74, 6) is 0.420.